The smallest absolute Gasteiger partial charge is 0.0597 e. The van der Waals surface area contributed by atoms with Crippen molar-refractivity contribution in [3.8, 4) is 0 Å². The third-order valence-electron chi connectivity index (χ3n) is 2.99. The van der Waals surface area contributed by atoms with Crippen molar-refractivity contribution in [2.24, 2.45) is 5.92 Å². The highest BCUT2D eigenvalue weighted by Crippen LogP contribution is 2.26. The van der Waals surface area contributed by atoms with Gasteiger partial charge in [0.15, 0.2) is 0 Å². The maximum absolute atomic E-state index is 11.7. The van der Waals surface area contributed by atoms with Crippen LogP contribution in [0.2, 0.25) is 0 Å². The first kappa shape index (κ1) is 8.70. The Bertz CT molecular complexity index is 173. The van der Waals surface area contributed by atoms with Crippen LogP contribution in [0.15, 0.2) is 0 Å². The molecule has 1 atom stereocenters. The van der Waals surface area contributed by atoms with Crippen LogP contribution in [0.1, 0.15) is 25.7 Å². The lowest BCUT2D eigenvalue weighted by Gasteiger charge is -2.27. The zero-order valence-electron chi connectivity index (χ0n) is 7.42. The molecule has 70 valence electrons. The molecule has 0 radical (unpaired) electrons. The fourth-order valence-corrected chi connectivity index (χ4v) is 3.67. The Labute approximate surface area is 76.6 Å². The van der Waals surface area contributed by atoms with Crippen LogP contribution in [-0.4, -0.2) is 28.3 Å². The van der Waals surface area contributed by atoms with Crippen LogP contribution in [0.3, 0.4) is 0 Å². The summed E-state index contributed by atoms with van der Waals surface area (Å²) in [5.41, 5.74) is 0. The quantitative estimate of drug-likeness (QED) is 0.711. The van der Waals surface area contributed by atoms with Gasteiger partial charge in [0.05, 0.1) is 5.25 Å². The van der Waals surface area contributed by atoms with Crippen LogP contribution < -0.4 is 5.32 Å². The van der Waals surface area contributed by atoms with Gasteiger partial charge in [0.25, 0.3) is 0 Å². The van der Waals surface area contributed by atoms with E-state index in [1.54, 1.807) is 0 Å². The Hall–Kier alpha value is 0.110. The topological polar surface area (TPSA) is 29.1 Å². The highest BCUT2D eigenvalue weighted by atomic mass is 32.2. The molecule has 0 aromatic carbocycles. The molecule has 1 saturated heterocycles. The van der Waals surface area contributed by atoms with E-state index in [1.807, 2.05) is 0 Å². The van der Waals surface area contributed by atoms with Crippen LogP contribution in [0.5, 0.6) is 0 Å². The lowest BCUT2D eigenvalue weighted by Crippen LogP contribution is -2.50. The lowest BCUT2D eigenvalue weighted by molar-refractivity contribution is 0.518. The molecule has 1 saturated carbocycles. The highest BCUT2D eigenvalue weighted by Gasteiger charge is 2.26. The number of rotatable bonds is 3. The largest absolute Gasteiger partial charge is 0.314 e. The van der Waals surface area contributed by atoms with Crippen molar-refractivity contribution in [3.05, 3.63) is 0 Å². The van der Waals surface area contributed by atoms with Crippen molar-refractivity contribution in [1.82, 2.24) is 5.32 Å². The second-order valence-electron chi connectivity index (χ2n) is 3.98. The summed E-state index contributed by atoms with van der Waals surface area (Å²) >= 11 is 0. The average molecular weight is 187 g/mol. The fourth-order valence-electron chi connectivity index (χ4n) is 1.99. The molecule has 0 aromatic rings. The van der Waals surface area contributed by atoms with E-state index < -0.39 is 10.8 Å². The zero-order valence-corrected chi connectivity index (χ0v) is 8.24. The SMILES string of the molecule is O=S(CC1CCCC1)C1CNC1. The Morgan fingerprint density at radius 2 is 1.92 bits per heavy atom. The van der Waals surface area contributed by atoms with Crippen molar-refractivity contribution >= 4 is 10.8 Å². The van der Waals surface area contributed by atoms with E-state index in [0.717, 1.165) is 24.8 Å². The van der Waals surface area contributed by atoms with Crippen molar-refractivity contribution in [2.75, 3.05) is 18.8 Å². The molecule has 2 aliphatic rings. The van der Waals surface area contributed by atoms with Gasteiger partial charge in [-0.15, -0.1) is 0 Å². The number of hydrogen-bond acceptors (Lipinski definition) is 2. The first-order valence-electron chi connectivity index (χ1n) is 4.94. The average Bonchev–Trinajstić information content (AvgIpc) is 2.34. The summed E-state index contributed by atoms with van der Waals surface area (Å²) in [6.07, 6.45) is 5.38. The lowest BCUT2D eigenvalue weighted by atomic mass is 10.1. The molecule has 1 unspecified atom stereocenters. The van der Waals surface area contributed by atoms with Crippen LogP contribution in [-0.2, 0) is 10.8 Å². The molecule has 1 heterocycles. The van der Waals surface area contributed by atoms with E-state index >= 15 is 0 Å². The molecule has 2 fully saturated rings. The van der Waals surface area contributed by atoms with Crippen molar-refractivity contribution in [2.45, 2.75) is 30.9 Å². The Balaban J connectivity index is 1.73. The third-order valence-corrected chi connectivity index (χ3v) is 4.87. The van der Waals surface area contributed by atoms with E-state index in [0.29, 0.717) is 5.25 Å². The predicted molar refractivity (Wildman–Crippen MR) is 51.6 cm³/mol. The molecule has 0 amide bonds. The summed E-state index contributed by atoms with van der Waals surface area (Å²) in [6.45, 7) is 1.97. The molecule has 1 aliphatic heterocycles. The third kappa shape index (κ3) is 1.88. The number of hydrogen-bond donors (Lipinski definition) is 1. The fraction of sp³-hybridized carbons (Fsp3) is 1.00. The molecular weight excluding hydrogens is 170 g/mol. The van der Waals surface area contributed by atoms with Gasteiger partial charge in [0.1, 0.15) is 0 Å². The van der Waals surface area contributed by atoms with Crippen LogP contribution in [0, 0.1) is 5.92 Å². The summed E-state index contributed by atoms with van der Waals surface area (Å²) in [5, 5.41) is 3.65. The first-order valence-corrected chi connectivity index (χ1v) is 6.32. The van der Waals surface area contributed by atoms with Crippen LogP contribution in [0.4, 0.5) is 0 Å². The second-order valence-corrected chi connectivity index (χ2v) is 5.74. The highest BCUT2D eigenvalue weighted by molar-refractivity contribution is 7.85. The normalized spacial score (nSPS) is 28.7. The minimum atomic E-state index is -0.530. The van der Waals surface area contributed by atoms with Crippen molar-refractivity contribution in [1.29, 1.82) is 0 Å². The summed E-state index contributed by atoms with van der Waals surface area (Å²) in [4.78, 5) is 0. The standard InChI is InChI=1S/C9H17NOS/c11-12(9-5-10-6-9)7-8-3-1-2-4-8/h8-10H,1-7H2. The van der Waals surface area contributed by atoms with E-state index in [-0.39, 0.29) is 0 Å². The van der Waals surface area contributed by atoms with Crippen molar-refractivity contribution in [3.63, 3.8) is 0 Å². The summed E-state index contributed by atoms with van der Waals surface area (Å²) in [6, 6.07) is 0. The zero-order chi connectivity index (χ0) is 8.39. The minimum absolute atomic E-state index is 0.477. The van der Waals surface area contributed by atoms with Gasteiger partial charge in [-0.2, -0.15) is 0 Å². The molecule has 0 aromatic heterocycles. The predicted octanol–water partition coefficient (Wildman–Crippen LogP) is 0.897. The van der Waals surface area contributed by atoms with Gasteiger partial charge in [-0.3, -0.25) is 4.21 Å². The van der Waals surface area contributed by atoms with Gasteiger partial charge in [-0.25, -0.2) is 0 Å². The maximum atomic E-state index is 11.7. The molecule has 2 rings (SSSR count). The molecule has 3 heteroatoms. The summed E-state index contributed by atoms with van der Waals surface area (Å²) in [7, 11) is -0.530. The monoisotopic (exact) mass is 187 g/mol. The Kier molecular flexibility index (Phi) is 2.81. The van der Waals surface area contributed by atoms with Gasteiger partial charge >= 0.3 is 0 Å². The molecule has 12 heavy (non-hydrogen) atoms. The van der Waals surface area contributed by atoms with E-state index in [2.05, 4.69) is 5.32 Å². The molecule has 1 N–H and O–H groups in total. The number of nitrogens with one attached hydrogen (secondary N) is 1. The molecule has 2 nitrogen and oxygen atoms in total. The molecule has 1 aliphatic carbocycles. The Morgan fingerprint density at radius 3 is 2.42 bits per heavy atom. The van der Waals surface area contributed by atoms with Gasteiger partial charge in [-0.1, -0.05) is 12.8 Å². The van der Waals surface area contributed by atoms with Gasteiger partial charge < -0.3 is 5.32 Å². The van der Waals surface area contributed by atoms with Crippen LogP contribution in [0.25, 0.3) is 0 Å². The minimum Gasteiger partial charge on any atom is -0.314 e. The maximum Gasteiger partial charge on any atom is 0.0597 e. The van der Waals surface area contributed by atoms with E-state index in [9.17, 15) is 4.21 Å². The summed E-state index contributed by atoms with van der Waals surface area (Å²) < 4.78 is 11.7. The van der Waals surface area contributed by atoms with Gasteiger partial charge in [-0.05, 0) is 18.8 Å². The van der Waals surface area contributed by atoms with E-state index in [1.165, 1.54) is 25.7 Å². The molecular formula is C9H17NOS. The van der Waals surface area contributed by atoms with Gasteiger partial charge in [0, 0.05) is 29.6 Å². The molecule has 0 bridgehead atoms. The molecule has 0 spiro atoms. The Morgan fingerprint density at radius 1 is 1.25 bits per heavy atom. The van der Waals surface area contributed by atoms with Gasteiger partial charge in [0.2, 0.25) is 0 Å². The van der Waals surface area contributed by atoms with Crippen LogP contribution >= 0.6 is 0 Å². The van der Waals surface area contributed by atoms with Crippen molar-refractivity contribution < 1.29 is 4.21 Å². The second kappa shape index (κ2) is 3.88. The van der Waals surface area contributed by atoms with E-state index in [4.69, 9.17) is 0 Å². The summed E-state index contributed by atoms with van der Waals surface area (Å²) in [5.74, 6) is 1.76. The first-order chi connectivity index (χ1) is 5.86.